The van der Waals surface area contributed by atoms with Crippen LogP contribution in [0.4, 0.5) is 24.8 Å². The van der Waals surface area contributed by atoms with Crippen LogP contribution in [0.2, 0.25) is 0 Å². The standard InChI is InChI=1S/C26H21F3N6O2/c27-12-1-13-34-16-31-24-23(34)25(36)33-26(35(24)15-17-2-4-18(28)5-3-17)32-20-7-9-21(10-8-20)37-22-11-6-19(29)14-30-22/h2-11,14,16H,1,12-13,15H2,(H,32,33,36). The zero-order valence-electron chi connectivity index (χ0n) is 19.4. The average molecular weight is 506 g/mol. The number of nitrogens with zero attached hydrogens (tertiary/aromatic N) is 5. The minimum Gasteiger partial charge on any atom is -0.439 e. The first-order valence-corrected chi connectivity index (χ1v) is 11.4. The molecule has 0 saturated carbocycles. The van der Waals surface area contributed by atoms with E-state index < -0.39 is 18.1 Å². The van der Waals surface area contributed by atoms with Gasteiger partial charge in [0.2, 0.25) is 11.8 Å². The molecule has 0 aliphatic heterocycles. The van der Waals surface area contributed by atoms with Crippen molar-refractivity contribution < 1.29 is 17.9 Å². The van der Waals surface area contributed by atoms with Crippen LogP contribution < -0.4 is 15.6 Å². The number of benzene rings is 2. The Morgan fingerprint density at radius 3 is 2.38 bits per heavy atom. The molecule has 0 atom stereocenters. The summed E-state index contributed by atoms with van der Waals surface area (Å²) in [5.41, 5.74) is 1.50. The molecule has 0 aliphatic carbocycles. The number of hydrogen-bond donors (Lipinski definition) is 1. The van der Waals surface area contributed by atoms with Crippen LogP contribution in [0.3, 0.4) is 0 Å². The van der Waals surface area contributed by atoms with Gasteiger partial charge in [-0.3, -0.25) is 13.8 Å². The van der Waals surface area contributed by atoms with Crippen LogP contribution in [0.15, 0.2) is 78.0 Å². The lowest BCUT2D eigenvalue weighted by Gasteiger charge is -2.16. The summed E-state index contributed by atoms with van der Waals surface area (Å²) >= 11 is 0. The minimum atomic E-state index is -0.520. The average Bonchev–Trinajstić information content (AvgIpc) is 3.33. The minimum absolute atomic E-state index is 0.228. The molecule has 8 nitrogen and oxygen atoms in total. The van der Waals surface area contributed by atoms with E-state index in [0.29, 0.717) is 17.1 Å². The van der Waals surface area contributed by atoms with Crippen LogP contribution in [0.5, 0.6) is 11.6 Å². The Bertz CT molecular complexity index is 1570. The van der Waals surface area contributed by atoms with Gasteiger partial charge in [-0.15, -0.1) is 0 Å². The Morgan fingerprint density at radius 2 is 1.68 bits per heavy atom. The van der Waals surface area contributed by atoms with Crippen LogP contribution in [0.1, 0.15) is 12.0 Å². The fourth-order valence-electron chi connectivity index (χ4n) is 3.79. The second-order valence-electron chi connectivity index (χ2n) is 8.17. The van der Waals surface area contributed by atoms with Crippen molar-refractivity contribution in [1.29, 1.82) is 0 Å². The number of aryl methyl sites for hydroxylation is 1. The number of aromatic nitrogens is 5. The Labute approximate surface area is 209 Å². The number of rotatable bonds is 9. The van der Waals surface area contributed by atoms with Crippen molar-refractivity contribution in [3.63, 3.8) is 0 Å². The fourth-order valence-corrected chi connectivity index (χ4v) is 3.79. The third-order valence-electron chi connectivity index (χ3n) is 5.56. The van der Waals surface area contributed by atoms with Crippen LogP contribution in [0.25, 0.3) is 11.2 Å². The molecule has 0 amide bonds. The van der Waals surface area contributed by atoms with Gasteiger partial charge in [-0.25, -0.2) is 18.7 Å². The highest BCUT2D eigenvalue weighted by Gasteiger charge is 2.17. The lowest BCUT2D eigenvalue weighted by atomic mass is 10.2. The Kier molecular flexibility index (Phi) is 6.84. The monoisotopic (exact) mass is 506 g/mol. The predicted molar refractivity (Wildman–Crippen MR) is 132 cm³/mol. The largest absolute Gasteiger partial charge is 0.439 e. The second-order valence-corrected chi connectivity index (χ2v) is 8.17. The molecule has 3 heterocycles. The van der Waals surface area contributed by atoms with Gasteiger partial charge in [0, 0.05) is 18.3 Å². The van der Waals surface area contributed by atoms with Crippen molar-refractivity contribution in [2.75, 3.05) is 12.0 Å². The highest BCUT2D eigenvalue weighted by molar-refractivity contribution is 5.73. The number of ether oxygens (including phenoxy) is 1. The second kappa shape index (κ2) is 10.5. The lowest BCUT2D eigenvalue weighted by molar-refractivity contribution is 0.449. The van der Waals surface area contributed by atoms with E-state index in [1.165, 1.54) is 30.6 Å². The molecule has 0 aliphatic rings. The Hall–Kier alpha value is -4.67. The van der Waals surface area contributed by atoms with Gasteiger partial charge in [-0.1, -0.05) is 12.1 Å². The van der Waals surface area contributed by atoms with E-state index in [2.05, 4.69) is 20.3 Å². The van der Waals surface area contributed by atoms with E-state index in [1.807, 2.05) is 0 Å². The molecule has 5 aromatic rings. The first-order valence-electron chi connectivity index (χ1n) is 11.4. The maximum atomic E-state index is 13.5. The van der Waals surface area contributed by atoms with Crippen molar-refractivity contribution >= 4 is 22.8 Å². The molecular weight excluding hydrogens is 485 g/mol. The van der Waals surface area contributed by atoms with Gasteiger partial charge in [-0.05, 0) is 54.4 Å². The molecule has 0 fully saturated rings. The molecular formula is C26H21F3N6O2. The third-order valence-corrected chi connectivity index (χ3v) is 5.56. The zero-order valence-corrected chi connectivity index (χ0v) is 19.4. The van der Waals surface area contributed by atoms with Crippen molar-refractivity contribution in [2.45, 2.75) is 19.5 Å². The summed E-state index contributed by atoms with van der Waals surface area (Å²) in [6, 6.07) is 15.4. The van der Waals surface area contributed by atoms with Gasteiger partial charge in [0.1, 0.15) is 17.4 Å². The SMILES string of the molecule is O=c1nc(Nc2ccc(Oc3ccc(F)cn3)cc2)n(Cc2ccc(F)cc2)c2ncn(CCCF)c12. The highest BCUT2D eigenvalue weighted by atomic mass is 19.1. The van der Waals surface area contributed by atoms with E-state index >= 15 is 0 Å². The first-order chi connectivity index (χ1) is 18.0. The van der Waals surface area contributed by atoms with Gasteiger partial charge in [0.05, 0.1) is 25.7 Å². The molecule has 11 heteroatoms. The molecule has 0 unspecified atom stereocenters. The molecule has 0 saturated heterocycles. The van der Waals surface area contributed by atoms with Crippen molar-refractivity contribution in [3.05, 3.63) is 101 Å². The van der Waals surface area contributed by atoms with E-state index in [0.717, 1.165) is 11.8 Å². The fraction of sp³-hybridized carbons (Fsp3) is 0.154. The smallest absolute Gasteiger partial charge is 0.300 e. The van der Waals surface area contributed by atoms with Crippen molar-refractivity contribution in [2.24, 2.45) is 0 Å². The number of hydrogen-bond acceptors (Lipinski definition) is 6. The number of nitrogens with one attached hydrogen (secondary N) is 1. The van der Waals surface area contributed by atoms with Crippen LogP contribution >= 0.6 is 0 Å². The van der Waals surface area contributed by atoms with Gasteiger partial charge in [0.25, 0.3) is 0 Å². The summed E-state index contributed by atoms with van der Waals surface area (Å²) < 4.78 is 48.2. The summed E-state index contributed by atoms with van der Waals surface area (Å²) in [6.07, 6.45) is 2.79. The van der Waals surface area contributed by atoms with E-state index in [-0.39, 0.29) is 42.7 Å². The van der Waals surface area contributed by atoms with Gasteiger partial charge in [-0.2, -0.15) is 4.98 Å². The third kappa shape index (κ3) is 5.45. The van der Waals surface area contributed by atoms with E-state index in [1.54, 1.807) is 45.5 Å². The first kappa shape index (κ1) is 24.0. The van der Waals surface area contributed by atoms with Gasteiger partial charge >= 0.3 is 5.56 Å². The number of anilines is 2. The molecule has 2 aromatic carbocycles. The Morgan fingerprint density at radius 1 is 0.919 bits per heavy atom. The van der Waals surface area contributed by atoms with Gasteiger partial charge < -0.3 is 14.6 Å². The van der Waals surface area contributed by atoms with Crippen molar-refractivity contribution in [3.8, 4) is 11.6 Å². The molecule has 0 radical (unpaired) electrons. The zero-order chi connectivity index (χ0) is 25.8. The van der Waals surface area contributed by atoms with Crippen LogP contribution in [0, 0.1) is 11.6 Å². The number of imidazole rings is 1. The molecule has 1 N–H and O–H groups in total. The quantitative estimate of drug-likeness (QED) is 0.295. The topological polar surface area (TPSA) is 86.9 Å². The number of alkyl halides is 1. The molecule has 0 bridgehead atoms. The molecule has 0 spiro atoms. The summed E-state index contributed by atoms with van der Waals surface area (Å²) in [5.74, 6) is 0.120. The van der Waals surface area contributed by atoms with Gasteiger partial charge in [0.15, 0.2) is 11.2 Å². The van der Waals surface area contributed by atoms with Crippen molar-refractivity contribution in [1.82, 2.24) is 24.1 Å². The lowest BCUT2D eigenvalue weighted by Crippen LogP contribution is -2.20. The summed E-state index contributed by atoms with van der Waals surface area (Å²) in [5, 5.41) is 3.14. The number of pyridine rings is 1. The van der Waals surface area contributed by atoms with Crippen LogP contribution in [-0.2, 0) is 13.1 Å². The number of fused-ring (bicyclic) bond motifs is 1. The Balaban J connectivity index is 1.47. The van der Waals surface area contributed by atoms with E-state index in [4.69, 9.17) is 4.74 Å². The summed E-state index contributed by atoms with van der Waals surface area (Å²) in [4.78, 5) is 25.5. The highest BCUT2D eigenvalue weighted by Crippen LogP contribution is 2.24. The molecule has 5 rings (SSSR count). The normalized spacial score (nSPS) is 11.1. The summed E-state index contributed by atoms with van der Waals surface area (Å²) in [7, 11) is 0. The summed E-state index contributed by atoms with van der Waals surface area (Å²) in [6.45, 7) is 0.0228. The number of halogens is 3. The van der Waals surface area contributed by atoms with Crippen LogP contribution in [-0.4, -0.2) is 30.8 Å². The molecule has 3 aromatic heterocycles. The predicted octanol–water partition coefficient (Wildman–Crippen LogP) is 5.21. The maximum Gasteiger partial charge on any atom is 0.300 e. The molecule has 188 valence electrons. The maximum absolute atomic E-state index is 13.5. The molecule has 37 heavy (non-hydrogen) atoms. The van der Waals surface area contributed by atoms with E-state index in [9.17, 15) is 18.0 Å².